The number of nitrogens with two attached hydrogens (primary N) is 1. The SMILES string of the molecule is CC/C=C\C/C=C\C/C=C\C/C=C\C/C=C\C/C=C\CCCCCCCCCCC(=O)OC(COC(=O)CCCCCC/C=C\C/C=C\C/C=C\C/C=C\C/C=C\C/C=C\CC)COP(=O)(O)OCCN. The van der Waals surface area contributed by atoms with Crippen LogP contribution in [0.15, 0.2) is 146 Å². The summed E-state index contributed by atoms with van der Waals surface area (Å²) in [6, 6.07) is 0. The lowest BCUT2D eigenvalue weighted by molar-refractivity contribution is -0.161. The Hall–Kier alpha value is -4.11. The lowest BCUT2D eigenvalue weighted by Crippen LogP contribution is -2.29. The van der Waals surface area contributed by atoms with Gasteiger partial charge in [0.2, 0.25) is 0 Å². The van der Waals surface area contributed by atoms with Crippen LogP contribution in [-0.2, 0) is 32.7 Å². The van der Waals surface area contributed by atoms with Crippen LogP contribution in [-0.4, -0.2) is 49.3 Å². The summed E-state index contributed by atoms with van der Waals surface area (Å²) in [5.41, 5.74) is 5.37. The van der Waals surface area contributed by atoms with Crippen molar-refractivity contribution < 1.29 is 37.6 Å². The molecule has 3 N–H and O–H groups in total. The van der Waals surface area contributed by atoms with Crippen LogP contribution < -0.4 is 5.73 Å². The molecule has 0 saturated heterocycles. The van der Waals surface area contributed by atoms with E-state index < -0.39 is 32.5 Å². The molecule has 71 heavy (non-hydrogen) atoms. The van der Waals surface area contributed by atoms with E-state index in [1.165, 1.54) is 25.7 Å². The zero-order valence-electron chi connectivity index (χ0n) is 44.4. The maximum atomic E-state index is 12.7. The normalized spacial score (nSPS) is 14.3. The fourth-order valence-electron chi connectivity index (χ4n) is 6.76. The average molecular weight is 1000 g/mol. The number of carbonyl (C=O) groups excluding carboxylic acids is 2. The molecule has 0 saturated carbocycles. The predicted molar refractivity (Wildman–Crippen MR) is 302 cm³/mol. The number of unbranched alkanes of at least 4 members (excludes halogenated alkanes) is 12. The molecule has 0 fully saturated rings. The van der Waals surface area contributed by atoms with E-state index in [9.17, 15) is 19.0 Å². The first kappa shape index (κ1) is 66.9. The van der Waals surface area contributed by atoms with Gasteiger partial charge in [-0.3, -0.25) is 18.6 Å². The molecule has 0 aliphatic carbocycles. The van der Waals surface area contributed by atoms with Gasteiger partial charge in [-0.2, -0.15) is 0 Å². The summed E-state index contributed by atoms with van der Waals surface area (Å²) >= 11 is 0. The Bertz CT molecular complexity index is 1660. The quantitative estimate of drug-likeness (QED) is 0.0264. The number of hydrogen-bond acceptors (Lipinski definition) is 8. The molecule has 400 valence electrons. The first-order valence-electron chi connectivity index (χ1n) is 27.3. The highest BCUT2D eigenvalue weighted by molar-refractivity contribution is 7.47. The second kappa shape index (κ2) is 55.2. The summed E-state index contributed by atoms with van der Waals surface area (Å²) in [6.07, 6.45) is 78.8. The summed E-state index contributed by atoms with van der Waals surface area (Å²) in [5, 5.41) is 0. The molecule has 0 aromatic rings. The van der Waals surface area contributed by atoms with Gasteiger partial charge in [0.05, 0.1) is 13.2 Å². The molecule has 0 heterocycles. The fourth-order valence-corrected chi connectivity index (χ4v) is 7.52. The van der Waals surface area contributed by atoms with Crippen molar-refractivity contribution in [3.63, 3.8) is 0 Å². The molecular weight excluding hydrogens is 906 g/mol. The van der Waals surface area contributed by atoms with Crippen LogP contribution in [0, 0.1) is 0 Å². The number of ether oxygens (including phenoxy) is 2. The van der Waals surface area contributed by atoms with Crippen LogP contribution in [0.1, 0.15) is 194 Å². The lowest BCUT2D eigenvalue weighted by Gasteiger charge is -2.19. The molecule has 2 atom stereocenters. The molecule has 0 radical (unpaired) electrons. The van der Waals surface area contributed by atoms with Gasteiger partial charge in [0.1, 0.15) is 6.61 Å². The molecule has 0 rings (SSSR count). The number of phosphoric ester groups is 1. The van der Waals surface area contributed by atoms with E-state index in [4.69, 9.17) is 24.3 Å². The second-order valence-corrected chi connectivity index (χ2v) is 18.8. The summed E-state index contributed by atoms with van der Waals surface area (Å²) in [7, 11) is -4.41. The van der Waals surface area contributed by atoms with E-state index in [0.717, 1.165) is 128 Å². The van der Waals surface area contributed by atoms with E-state index in [0.29, 0.717) is 12.8 Å². The molecule has 0 bridgehead atoms. The van der Waals surface area contributed by atoms with Gasteiger partial charge >= 0.3 is 19.8 Å². The standard InChI is InChI=1S/C61H98NO8P/c1-3-5-7-9-11-13-15-17-19-21-23-25-27-28-29-30-32-34-36-38-40-42-44-46-48-50-52-54-61(64)70-59(58-69-71(65,66)68-56-55-62)57-67-60(63)53-51-49-47-45-43-41-39-37-35-33-31-26-24-22-20-18-16-14-12-10-8-6-4-2/h5-8,11-14,17-20,23-26,28-29,32-35,39,41,59H,3-4,9-10,15-16,21-22,27,30-31,36-38,40,42-58,62H2,1-2H3,(H,65,66)/b7-5-,8-6-,13-11-,14-12-,19-17-,20-18-,25-23-,26-24-,29-28-,34-32-,35-33-,41-39-. The Kier molecular flexibility index (Phi) is 52.0. The highest BCUT2D eigenvalue weighted by Crippen LogP contribution is 2.43. The molecule has 10 heteroatoms. The highest BCUT2D eigenvalue weighted by Gasteiger charge is 2.26. The molecule has 0 aromatic carbocycles. The van der Waals surface area contributed by atoms with Crippen molar-refractivity contribution in [1.29, 1.82) is 0 Å². The van der Waals surface area contributed by atoms with Gasteiger partial charge in [-0.25, -0.2) is 4.57 Å². The van der Waals surface area contributed by atoms with Crippen LogP contribution in [0.3, 0.4) is 0 Å². The molecule has 0 aliphatic rings. The number of phosphoric acid groups is 1. The van der Waals surface area contributed by atoms with Crippen molar-refractivity contribution >= 4 is 19.8 Å². The van der Waals surface area contributed by atoms with Crippen LogP contribution >= 0.6 is 7.82 Å². The third-order valence-electron chi connectivity index (χ3n) is 10.7. The fraction of sp³-hybridized carbons (Fsp3) is 0.574. The first-order valence-corrected chi connectivity index (χ1v) is 28.8. The zero-order chi connectivity index (χ0) is 51.7. The number of rotatable bonds is 49. The molecule has 0 aromatic heterocycles. The van der Waals surface area contributed by atoms with Gasteiger partial charge < -0.3 is 20.1 Å². The Morgan fingerprint density at radius 2 is 0.732 bits per heavy atom. The van der Waals surface area contributed by atoms with Crippen LogP contribution in [0.4, 0.5) is 0 Å². The maximum Gasteiger partial charge on any atom is 0.472 e. The lowest BCUT2D eigenvalue weighted by atomic mass is 10.1. The molecular formula is C61H98NO8P. The molecule has 9 nitrogen and oxygen atoms in total. The van der Waals surface area contributed by atoms with E-state index >= 15 is 0 Å². The van der Waals surface area contributed by atoms with Gasteiger partial charge in [0.25, 0.3) is 0 Å². The number of hydrogen-bond donors (Lipinski definition) is 2. The van der Waals surface area contributed by atoms with E-state index in [2.05, 4.69) is 160 Å². The number of esters is 2. The average Bonchev–Trinajstić information content (AvgIpc) is 3.36. The number of carbonyl (C=O) groups is 2. The van der Waals surface area contributed by atoms with Crippen molar-refractivity contribution in [1.82, 2.24) is 0 Å². The second-order valence-electron chi connectivity index (χ2n) is 17.3. The Balaban J connectivity index is 4.14. The summed E-state index contributed by atoms with van der Waals surface area (Å²) in [5.74, 6) is -0.880. The van der Waals surface area contributed by atoms with Crippen molar-refractivity contribution in [2.75, 3.05) is 26.4 Å². The van der Waals surface area contributed by atoms with Crippen LogP contribution in [0.2, 0.25) is 0 Å². The summed E-state index contributed by atoms with van der Waals surface area (Å²) in [4.78, 5) is 35.2. The first-order chi connectivity index (χ1) is 34.8. The van der Waals surface area contributed by atoms with E-state index in [1.807, 2.05) is 0 Å². The largest absolute Gasteiger partial charge is 0.472 e. The third kappa shape index (κ3) is 55.1. The molecule has 0 spiro atoms. The molecule has 2 unspecified atom stereocenters. The minimum atomic E-state index is -4.41. The summed E-state index contributed by atoms with van der Waals surface area (Å²) in [6.45, 7) is 3.45. The Labute approximate surface area is 433 Å². The minimum absolute atomic E-state index is 0.0392. The van der Waals surface area contributed by atoms with Crippen LogP contribution in [0.5, 0.6) is 0 Å². The van der Waals surface area contributed by atoms with Crippen molar-refractivity contribution in [3.8, 4) is 0 Å². The van der Waals surface area contributed by atoms with Crippen LogP contribution in [0.25, 0.3) is 0 Å². The summed E-state index contributed by atoms with van der Waals surface area (Å²) < 4.78 is 33.0. The highest BCUT2D eigenvalue weighted by atomic mass is 31.2. The van der Waals surface area contributed by atoms with Crippen molar-refractivity contribution in [2.45, 2.75) is 200 Å². The third-order valence-corrected chi connectivity index (χ3v) is 11.7. The Morgan fingerprint density at radius 3 is 1.08 bits per heavy atom. The van der Waals surface area contributed by atoms with E-state index in [-0.39, 0.29) is 32.6 Å². The van der Waals surface area contributed by atoms with Gasteiger partial charge in [-0.05, 0) is 116 Å². The van der Waals surface area contributed by atoms with Gasteiger partial charge in [0, 0.05) is 19.4 Å². The van der Waals surface area contributed by atoms with Gasteiger partial charge in [0.15, 0.2) is 6.10 Å². The van der Waals surface area contributed by atoms with E-state index in [1.54, 1.807) is 0 Å². The van der Waals surface area contributed by atoms with Crippen molar-refractivity contribution in [2.24, 2.45) is 5.73 Å². The zero-order valence-corrected chi connectivity index (χ0v) is 45.3. The monoisotopic (exact) mass is 1000 g/mol. The maximum absolute atomic E-state index is 12.7. The number of allylic oxidation sites excluding steroid dienone is 24. The van der Waals surface area contributed by atoms with Gasteiger partial charge in [-0.15, -0.1) is 0 Å². The van der Waals surface area contributed by atoms with Gasteiger partial charge in [-0.1, -0.05) is 211 Å². The molecule has 0 aliphatic heterocycles. The minimum Gasteiger partial charge on any atom is -0.462 e. The smallest absolute Gasteiger partial charge is 0.462 e. The topological polar surface area (TPSA) is 134 Å². The van der Waals surface area contributed by atoms with Crippen molar-refractivity contribution in [3.05, 3.63) is 146 Å². The predicted octanol–water partition coefficient (Wildman–Crippen LogP) is 17.2. The Morgan fingerprint density at radius 1 is 0.423 bits per heavy atom. The molecule has 0 amide bonds.